The molecule has 0 saturated carbocycles. The molecule has 9 heteroatoms. The van der Waals surface area contributed by atoms with Crippen molar-refractivity contribution in [1.82, 2.24) is 20.0 Å². The molecule has 4 amide bonds. The lowest BCUT2D eigenvalue weighted by Gasteiger charge is -2.55. The molecule has 1 aromatic carbocycles. The van der Waals surface area contributed by atoms with Gasteiger partial charge in [0.2, 0.25) is 17.7 Å². The van der Waals surface area contributed by atoms with Gasteiger partial charge in [-0.15, -0.1) is 0 Å². The lowest BCUT2D eigenvalue weighted by atomic mass is 9.71. The largest absolute Gasteiger partial charge is 0.370 e. The summed E-state index contributed by atoms with van der Waals surface area (Å²) in [6.45, 7) is 6.58. The first-order valence-electron chi connectivity index (χ1n) is 13.4. The second-order valence-electron chi connectivity index (χ2n) is 11.3. The van der Waals surface area contributed by atoms with Crippen molar-refractivity contribution in [1.29, 1.82) is 0 Å². The van der Waals surface area contributed by atoms with Crippen molar-refractivity contribution in [3.63, 3.8) is 0 Å². The third-order valence-electron chi connectivity index (χ3n) is 8.93. The topological polar surface area (TPSA) is 93.3 Å². The predicted octanol–water partition coefficient (Wildman–Crippen LogP) is 1.36. The Bertz CT molecular complexity index is 1080. The molecule has 4 saturated heterocycles. The maximum atomic E-state index is 13.1. The number of nitrogens with one attached hydrogen (secondary N) is 1. The zero-order chi connectivity index (χ0) is 24.9. The van der Waals surface area contributed by atoms with Gasteiger partial charge in [0.15, 0.2) is 0 Å². The molecule has 0 aliphatic carbocycles. The lowest BCUT2D eigenvalue weighted by Crippen LogP contribution is -2.61. The molecule has 1 N–H and O–H groups in total. The summed E-state index contributed by atoms with van der Waals surface area (Å²) in [7, 11) is 0. The first-order valence-corrected chi connectivity index (χ1v) is 13.4. The molecule has 1 spiro atoms. The molecule has 5 aliphatic rings. The first kappa shape index (κ1) is 23.5. The van der Waals surface area contributed by atoms with Crippen LogP contribution in [0.15, 0.2) is 18.2 Å². The maximum absolute atomic E-state index is 13.1. The number of carbonyl (C=O) groups excluding carboxylic acids is 4. The highest BCUT2D eigenvalue weighted by molar-refractivity contribution is 6.06. The van der Waals surface area contributed by atoms with Crippen LogP contribution in [0.1, 0.15) is 60.9 Å². The van der Waals surface area contributed by atoms with Crippen LogP contribution in [0.4, 0.5) is 5.69 Å². The van der Waals surface area contributed by atoms with E-state index in [1.54, 1.807) is 4.90 Å². The minimum atomic E-state index is -0.593. The van der Waals surface area contributed by atoms with Crippen molar-refractivity contribution in [2.45, 2.75) is 57.5 Å². The van der Waals surface area contributed by atoms with Gasteiger partial charge in [0, 0.05) is 61.4 Å². The maximum Gasteiger partial charge on any atom is 0.255 e. The minimum Gasteiger partial charge on any atom is -0.370 e. The van der Waals surface area contributed by atoms with E-state index in [4.69, 9.17) is 0 Å². The van der Waals surface area contributed by atoms with E-state index >= 15 is 0 Å². The van der Waals surface area contributed by atoms with Gasteiger partial charge in [-0.2, -0.15) is 0 Å². The standard InChI is InChI=1S/C27H35N5O4/c33-23-8-7-22(25(35)28-23)32-15-20-19(26(32)36)5-4-6-21(20)31-17-27(18-31)9-13-30(14-10-27)24(34)16-29-11-2-1-3-12-29/h4-6,22H,1-3,7-18H2,(H,28,33,35). The molecule has 4 fully saturated rings. The van der Waals surface area contributed by atoms with Crippen LogP contribution >= 0.6 is 0 Å². The van der Waals surface area contributed by atoms with E-state index in [-0.39, 0.29) is 35.5 Å². The smallest absolute Gasteiger partial charge is 0.255 e. The fourth-order valence-electron chi connectivity index (χ4n) is 6.75. The van der Waals surface area contributed by atoms with Crippen molar-refractivity contribution in [2.75, 3.05) is 50.7 Å². The Labute approximate surface area is 211 Å². The van der Waals surface area contributed by atoms with Crippen LogP contribution in [0, 0.1) is 5.41 Å². The van der Waals surface area contributed by atoms with Crippen LogP contribution in [0.5, 0.6) is 0 Å². The fourth-order valence-corrected chi connectivity index (χ4v) is 6.75. The third kappa shape index (κ3) is 4.17. The number of nitrogens with zero attached hydrogens (tertiary/aromatic N) is 4. The van der Waals surface area contributed by atoms with E-state index in [2.05, 4.69) is 26.1 Å². The highest BCUT2D eigenvalue weighted by Gasteiger charge is 2.47. The number of amides is 4. The van der Waals surface area contributed by atoms with Crippen LogP contribution in [0.25, 0.3) is 0 Å². The van der Waals surface area contributed by atoms with Crippen molar-refractivity contribution < 1.29 is 19.2 Å². The van der Waals surface area contributed by atoms with Crippen molar-refractivity contribution in [3.8, 4) is 0 Å². The normalized spacial score (nSPS) is 26.2. The lowest BCUT2D eigenvalue weighted by molar-refractivity contribution is -0.137. The quantitative estimate of drug-likeness (QED) is 0.637. The number of hydrogen-bond donors (Lipinski definition) is 1. The number of anilines is 1. The molecule has 192 valence electrons. The Balaban J connectivity index is 1.07. The Kier molecular flexibility index (Phi) is 5.98. The molecule has 0 bridgehead atoms. The summed E-state index contributed by atoms with van der Waals surface area (Å²) in [4.78, 5) is 58.2. The zero-order valence-corrected chi connectivity index (χ0v) is 20.8. The van der Waals surface area contributed by atoms with Crippen LogP contribution < -0.4 is 10.2 Å². The van der Waals surface area contributed by atoms with E-state index in [0.29, 0.717) is 25.1 Å². The number of rotatable bonds is 4. The number of carbonyl (C=O) groups is 4. The number of likely N-dealkylation sites (tertiary alicyclic amines) is 2. The van der Waals surface area contributed by atoms with Crippen LogP contribution in [0.2, 0.25) is 0 Å². The second kappa shape index (κ2) is 9.18. The zero-order valence-electron chi connectivity index (χ0n) is 20.8. The van der Waals surface area contributed by atoms with Crippen LogP contribution in [0.3, 0.4) is 0 Å². The minimum absolute atomic E-state index is 0.128. The number of imide groups is 1. The molecular formula is C27H35N5O4. The SMILES string of the molecule is O=C1CCC(N2Cc3c(cccc3N3CC4(CCN(C(=O)CN5CCCCC5)CC4)C3)C2=O)C(=O)N1. The summed E-state index contributed by atoms with van der Waals surface area (Å²) in [5.41, 5.74) is 2.95. The summed E-state index contributed by atoms with van der Waals surface area (Å²) in [6, 6.07) is 5.25. The average molecular weight is 494 g/mol. The Hall–Kier alpha value is -2.94. The van der Waals surface area contributed by atoms with E-state index in [9.17, 15) is 19.2 Å². The van der Waals surface area contributed by atoms with Gasteiger partial charge in [-0.25, -0.2) is 0 Å². The van der Waals surface area contributed by atoms with Gasteiger partial charge in [0.25, 0.3) is 5.91 Å². The molecule has 5 heterocycles. The second-order valence-corrected chi connectivity index (χ2v) is 11.3. The molecule has 9 nitrogen and oxygen atoms in total. The Morgan fingerprint density at radius 2 is 1.75 bits per heavy atom. The molecular weight excluding hydrogens is 458 g/mol. The van der Waals surface area contributed by atoms with E-state index in [1.165, 1.54) is 19.3 Å². The van der Waals surface area contributed by atoms with E-state index < -0.39 is 6.04 Å². The van der Waals surface area contributed by atoms with Gasteiger partial charge in [0.1, 0.15) is 6.04 Å². The number of hydrogen-bond acceptors (Lipinski definition) is 6. The summed E-state index contributed by atoms with van der Waals surface area (Å²) < 4.78 is 0. The van der Waals surface area contributed by atoms with Gasteiger partial charge >= 0.3 is 0 Å². The first-order chi connectivity index (χ1) is 17.4. The third-order valence-corrected chi connectivity index (χ3v) is 8.93. The number of piperidine rings is 3. The summed E-state index contributed by atoms with van der Waals surface area (Å²) in [6.07, 6.45) is 6.35. The molecule has 1 atom stereocenters. The molecule has 1 unspecified atom stereocenters. The van der Waals surface area contributed by atoms with Crippen LogP contribution in [-0.4, -0.2) is 90.2 Å². The molecule has 6 rings (SSSR count). The molecule has 0 radical (unpaired) electrons. The van der Waals surface area contributed by atoms with E-state index in [0.717, 1.165) is 63.4 Å². The predicted molar refractivity (Wildman–Crippen MR) is 133 cm³/mol. The van der Waals surface area contributed by atoms with E-state index in [1.807, 2.05) is 12.1 Å². The Morgan fingerprint density at radius 3 is 2.47 bits per heavy atom. The van der Waals surface area contributed by atoms with Gasteiger partial charge in [-0.3, -0.25) is 29.4 Å². The van der Waals surface area contributed by atoms with Gasteiger partial charge in [-0.05, 0) is 57.3 Å². The summed E-state index contributed by atoms with van der Waals surface area (Å²) in [5, 5.41) is 2.37. The molecule has 1 aromatic rings. The van der Waals surface area contributed by atoms with Crippen LogP contribution in [-0.2, 0) is 20.9 Å². The van der Waals surface area contributed by atoms with Crippen molar-refractivity contribution in [3.05, 3.63) is 29.3 Å². The summed E-state index contributed by atoms with van der Waals surface area (Å²) in [5.74, 6) is -0.502. The number of benzene rings is 1. The van der Waals surface area contributed by atoms with Gasteiger partial charge in [-0.1, -0.05) is 12.5 Å². The number of fused-ring (bicyclic) bond motifs is 1. The highest BCUT2D eigenvalue weighted by atomic mass is 16.2. The van der Waals surface area contributed by atoms with Crippen molar-refractivity contribution in [2.24, 2.45) is 5.41 Å². The highest BCUT2D eigenvalue weighted by Crippen LogP contribution is 2.45. The molecule has 36 heavy (non-hydrogen) atoms. The fraction of sp³-hybridized carbons (Fsp3) is 0.630. The molecule has 0 aromatic heterocycles. The molecule has 5 aliphatic heterocycles. The summed E-state index contributed by atoms with van der Waals surface area (Å²) >= 11 is 0. The van der Waals surface area contributed by atoms with Crippen molar-refractivity contribution >= 4 is 29.3 Å². The average Bonchev–Trinajstić information content (AvgIpc) is 3.19. The van der Waals surface area contributed by atoms with Gasteiger partial charge in [0.05, 0.1) is 6.54 Å². The Morgan fingerprint density at radius 1 is 1.00 bits per heavy atom. The van der Waals surface area contributed by atoms with Gasteiger partial charge < -0.3 is 14.7 Å². The monoisotopic (exact) mass is 493 g/mol.